The number of piperazine rings is 1. The fourth-order valence-corrected chi connectivity index (χ4v) is 3.82. The van der Waals surface area contributed by atoms with Crippen molar-refractivity contribution in [2.75, 3.05) is 33.2 Å². The molecule has 0 saturated carbocycles. The molecule has 2 heterocycles. The molecule has 4 nitrogen and oxygen atoms in total. The van der Waals surface area contributed by atoms with Crippen molar-refractivity contribution in [3.05, 3.63) is 71.3 Å². The molecule has 1 aliphatic rings. The van der Waals surface area contributed by atoms with E-state index in [1.165, 1.54) is 23.4 Å². The third-order valence-corrected chi connectivity index (χ3v) is 5.71. The van der Waals surface area contributed by atoms with Crippen molar-refractivity contribution in [2.24, 2.45) is 0 Å². The first-order valence-electron chi connectivity index (χ1n) is 9.83. The molecule has 0 N–H and O–H groups in total. The van der Waals surface area contributed by atoms with Crippen molar-refractivity contribution in [1.29, 1.82) is 0 Å². The van der Waals surface area contributed by atoms with Crippen LogP contribution >= 0.6 is 0 Å². The lowest BCUT2D eigenvalue weighted by Gasteiger charge is -2.32. The van der Waals surface area contributed by atoms with E-state index in [1.807, 2.05) is 16.8 Å². The first-order valence-corrected chi connectivity index (χ1v) is 9.83. The maximum absolute atomic E-state index is 13.1. The summed E-state index contributed by atoms with van der Waals surface area (Å²) in [6.45, 7) is 9.66. The van der Waals surface area contributed by atoms with Crippen LogP contribution in [-0.2, 0) is 6.54 Å². The molecule has 5 heteroatoms. The third kappa shape index (κ3) is 3.86. The second-order valence-electron chi connectivity index (χ2n) is 7.69. The van der Waals surface area contributed by atoms with Gasteiger partial charge in [0.15, 0.2) is 0 Å². The Hall–Kier alpha value is -2.50. The summed E-state index contributed by atoms with van der Waals surface area (Å²) >= 11 is 0. The summed E-state index contributed by atoms with van der Waals surface area (Å²) in [5, 5.41) is 4.80. The van der Waals surface area contributed by atoms with Crippen molar-refractivity contribution in [1.82, 2.24) is 19.6 Å². The molecule has 0 unspecified atom stereocenters. The summed E-state index contributed by atoms with van der Waals surface area (Å²) in [6, 6.07) is 14.9. The summed E-state index contributed by atoms with van der Waals surface area (Å²) in [4.78, 5) is 4.89. The van der Waals surface area contributed by atoms with E-state index in [1.54, 1.807) is 0 Å². The smallest absolute Gasteiger partial charge is 0.123 e. The second-order valence-corrected chi connectivity index (χ2v) is 7.69. The van der Waals surface area contributed by atoms with Crippen molar-refractivity contribution >= 4 is 0 Å². The standard InChI is InChI=1S/C23H27FN4/c1-17-23(16-27-14-12-26(3)13-15-27)18(2)28(25-17)22-10-6-20(7-11-22)19-4-8-21(24)9-5-19/h4-11H,12-16H2,1-3H3. The Bertz CT molecular complexity index is 936. The average Bonchev–Trinajstić information content (AvgIpc) is 2.99. The molecule has 1 aliphatic heterocycles. The van der Waals surface area contributed by atoms with Crippen molar-refractivity contribution in [2.45, 2.75) is 20.4 Å². The Morgan fingerprint density at radius 2 is 1.43 bits per heavy atom. The van der Waals surface area contributed by atoms with E-state index >= 15 is 0 Å². The molecule has 0 bridgehead atoms. The van der Waals surface area contributed by atoms with E-state index in [2.05, 4.69) is 55.0 Å². The number of nitrogens with zero attached hydrogens (tertiary/aromatic N) is 4. The van der Waals surface area contributed by atoms with Gasteiger partial charge in [-0.2, -0.15) is 5.10 Å². The van der Waals surface area contributed by atoms with Gasteiger partial charge in [-0.05, 0) is 56.3 Å². The molecule has 1 fully saturated rings. The van der Waals surface area contributed by atoms with Crippen LogP contribution in [0.4, 0.5) is 4.39 Å². The van der Waals surface area contributed by atoms with E-state index in [-0.39, 0.29) is 5.82 Å². The van der Waals surface area contributed by atoms with Crippen LogP contribution in [0.1, 0.15) is 17.0 Å². The zero-order valence-corrected chi connectivity index (χ0v) is 16.8. The van der Waals surface area contributed by atoms with Gasteiger partial charge in [0.1, 0.15) is 5.82 Å². The molecule has 4 rings (SSSR count). The van der Waals surface area contributed by atoms with Crippen LogP contribution < -0.4 is 0 Å². The first-order chi connectivity index (χ1) is 13.5. The van der Waals surface area contributed by atoms with E-state index in [9.17, 15) is 4.39 Å². The van der Waals surface area contributed by atoms with Crippen LogP contribution in [0.3, 0.4) is 0 Å². The quantitative estimate of drug-likeness (QED) is 0.685. The molecule has 146 valence electrons. The monoisotopic (exact) mass is 378 g/mol. The number of hydrogen-bond acceptors (Lipinski definition) is 3. The number of aryl methyl sites for hydroxylation is 1. The van der Waals surface area contributed by atoms with Crippen LogP contribution in [0.5, 0.6) is 0 Å². The maximum atomic E-state index is 13.1. The highest BCUT2D eigenvalue weighted by Gasteiger charge is 2.19. The largest absolute Gasteiger partial charge is 0.304 e. The Morgan fingerprint density at radius 1 is 0.857 bits per heavy atom. The van der Waals surface area contributed by atoms with Crippen LogP contribution in [-0.4, -0.2) is 52.8 Å². The highest BCUT2D eigenvalue weighted by Crippen LogP contribution is 2.24. The maximum Gasteiger partial charge on any atom is 0.123 e. The Morgan fingerprint density at radius 3 is 2.04 bits per heavy atom. The van der Waals surface area contributed by atoms with Crippen molar-refractivity contribution in [3.63, 3.8) is 0 Å². The molecule has 3 aromatic rings. The minimum atomic E-state index is -0.212. The van der Waals surface area contributed by atoms with Crippen LogP contribution in [0.15, 0.2) is 48.5 Å². The van der Waals surface area contributed by atoms with Gasteiger partial charge in [0.25, 0.3) is 0 Å². The summed E-state index contributed by atoms with van der Waals surface area (Å²) in [7, 11) is 2.18. The van der Waals surface area contributed by atoms with Crippen LogP contribution in [0, 0.1) is 19.7 Å². The molecule has 0 amide bonds. The van der Waals surface area contributed by atoms with E-state index in [0.29, 0.717) is 0 Å². The number of rotatable bonds is 4. The van der Waals surface area contributed by atoms with Gasteiger partial charge in [-0.1, -0.05) is 24.3 Å². The minimum Gasteiger partial charge on any atom is -0.304 e. The lowest BCUT2D eigenvalue weighted by atomic mass is 10.1. The summed E-state index contributed by atoms with van der Waals surface area (Å²) in [5.74, 6) is -0.212. The number of benzene rings is 2. The van der Waals surface area contributed by atoms with Crippen LogP contribution in [0.2, 0.25) is 0 Å². The van der Waals surface area contributed by atoms with Gasteiger partial charge in [-0.3, -0.25) is 4.90 Å². The molecule has 0 aliphatic carbocycles. The number of aromatic nitrogens is 2. The average molecular weight is 378 g/mol. The zero-order valence-electron chi connectivity index (χ0n) is 16.8. The zero-order chi connectivity index (χ0) is 19.7. The molecule has 0 radical (unpaired) electrons. The Kier molecular flexibility index (Phi) is 5.29. The van der Waals surface area contributed by atoms with Crippen molar-refractivity contribution in [3.8, 4) is 16.8 Å². The predicted molar refractivity (Wildman–Crippen MR) is 111 cm³/mol. The van der Waals surface area contributed by atoms with Gasteiger partial charge in [0.2, 0.25) is 0 Å². The molecule has 0 atom stereocenters. The molecule has 0 spiro atoms. The third-order valence-electron chi connectivity index (χ3n) is 5.71. The normalized spacial score (nSPS) is 15.9. The fraction of sp³-hybridized carbons (Fsp3) is 0.348. The van der Waals surface area contributed by atoms with E-state index < -0.39 is 0 Å². The molecule has 1 aromatic heterocycles. The first kappa shape index (κ1) is 18.8. The van der Waals surface area contributed by atoms with E-state index in [0.717, 1.165) is 55.2 Å². The number of hydrogen-bond donors (Lipinski definition) is 0. The highest BCUT2D eigenvalue weighted by atomic mass is 19.1. The van der Waals surface area contributed by atoms with Gasteiger partial charge in [-0.15, -0.1) is 0 Å². The molecule has 28 heavy (non-hydrogen) atoms. The molecule has 1 saturated heterocycles. The lowest BCUT2D eigenvalue weighted by Crippen LogP contribution is -2.44. The van der Waals surface area contributed by atoms with E-state index in [4.69, 9.17) is 5.10 Å². The fourth-order valence-electron chi connectivity index (χ4n) is 3.82. The molecular weight excluding hydrogens is 351 g/mol. The topological polar surface area (TPSA) is 24.3 Å². The Labute approximate surface area is 166 Å². The van der Waals surface area contributed by atoms with Gasteiger partial charge < -0.3 is 4.90 Å². The van der Waals surface area contributed by atoms with Gasteiger partial charge in [-0.25, -0.2) is 9.07 Å². The number of halogens is 1. The lowest BCUT2D eigenvalue weighted by molar-refractivity contribution is 0.148. The SMILES string of the molecule is Cc1nn(-c2ccc(-c3ccc(F)cc3)cc2)c(C)c1CN1CCN(C)CC1. The molecular formula is C23H27FN4. The summed E-state index contributed by atoms with van der Waals surface area (Å²) in [6.07, 6.45) is 0. The molecule has 2 aromatic carbocycles. The minimum absolute atomic E-state index is 0.212. The number of likely N-dealkylation sites (N-methyl/N-ethyl adjacent to an activating group) is 1. The van der Waals surface area contributed by atoms with Gasteiger partial charge >= 0.3 is 0 Å². The predicted octanol–water partition coefficient (Wildman–Crippen LogP) is 4.04. The second kappa shape index (κ2) is 7.86. The summed E-state index contributed by atoms with van der Waals surface area (Å²) in [5.41, 5.74) is 6.76. The van der Waals surface area contributed by atoms with Crippen LogP contribution in [0.25, 0.3) is 16.8 Å². The van der Waals surface area contributed by atoms with Gasteiger partial charge in [0.05, 0.1) is 11.4 Å². The van der Waals surface area contributed by atoms with Crippen molar-refractivity contribution < 1.29 is 4.39 Å². The summed E-state index contributed by atoms with van der Waals surface area (Å²) < 4.78 is 15.2. The van der Waals surface area contributed by atoms with Gasteiger partial charge in [0, 0.05) is 44.0 Å². The Balaban J connectivity index is 1.55. The highest BCUT2D eigenvalue weighted by molar-refractivity contribution is 5.64.